The van der Waals surface area contributed by atoms with Gasteiger partial charge in [-0.2, -0.15) is 0 Å². The molecule has 0 aliphatic carbocycles. The van der Waals surface area contributed by atoms with Crippen LogP contribution in [0.1, 0.15) is 34.3 Å². The molecule has 0 radical (unpaired) electrons. The van der Waals surface area contributed by atoms with Crippen LogP contribution in [-0.2, 0) is 5.41 Å². The Labute approximate surface area is 199 Å². The molecule has 34 heavy (non-hydrogen) atoms. The largest absolute Gasteiger partial charge is 0.307 e. The lowest BCUT2D eigenvalue weighted by atomic mass is 9.74. The number of hydrogen-bond donors (Lipinski definition) is 0. The molecular formula is C28H27N3O3. The maximum Gasteiger partial charge on any atom is 0.269 e. The van der Waals surface area contributed by atoms with Crippen LogP contribution in [0.2, 0.25) is 0 Å². The highest BCUT2D eigenvalue weighted by Crippen LogP contribution is 2.47. The van der Waals surface area contributed by atoms with Crippen molar-refractivity contribution in [3.63, 3.8) is 0 Å². The molecule has 2 aliphatic heterocycles. The van der Waals surface area contributed by atoms with Crippen LogP contribution in [0.3, 0.4) is 0 Å². The summed E-state index contributed by atoms with van der Waals surface area (Å²) < 4.78 is 0. The number of rotatable bonds is 5. The fraction of sp³-hybridized carbons (Fsp3) is 0.250. The summed E-state index contributed by atoms with van der Waals surface area (Å²) in [7, 11) is 0. The van der Waals surface area contributed by atoms with Crippen molar-refractivity contribution < 1.29 is 9.72 Å². The summed E-state index contributed by atoms with van der Waals surface area (Å²) in [6.07, 6.45) is 6.38. The van der Waals surface area contributed by atoms with Gasteiger partial charge in [-0.3, -0.25) is 19.8 Å². The molecule has 0 aromatic heterocycles. The molecule has 3 aromatic carbocycles. The second-order valence-corrected chi connectivity index (χ2v) is 9.11. The first kappa shape index (κ1) is 22.0. The van der Waals surface area contributed by atoms with E-state index < -0.39 is 4.92 Å². The van der Waals surface area contributed by atoms with Gasteiger partial charge in [0.15, 0.2) is 0 Å². The summed E-state index contributed by atoms with van der Waals surface area (Å²) in [6, 6.07) is 24.4. The smallest absolute Gasteiger partial charge is 0.269 e. The second kappa shape index (κ2) is 9.23. The van der Waals surface area contributed by atoms with Gasteiger partial charge < -0.3 is 4.90 Å². The lowest BCUT2D eigenvalue weighted by Crippen LogP contribution is -2.46. The van der Waals surface area contributed by atoms with E-state index in [1.807, 2.05) is 35.2 Å². The summed E-state index contributed by atoms with van der Waals surface area (Å²) in [6.45, 7) is 3.52. The first-order valence-electron chi connectivity index (χ1n) is 11.7. The van der Waals surface area contributed by atoms with Gasteiger partial charge in [-0.05, 0) is 55.3 Å². The van der Waals surface area contributed by atoms with Crippen LogP contribution < -0.4 is 4.90 Å². The molecule has 1 spiro atoms. The van der Waals surface area contributed by atoms with Gasteiger partial charge in [0.25, 0.3) is 11.6 Å². The van der Waals surface area contributed by atoms with Crippen LogP contribution >= 0.6 is 0 Å². The lowest BCUT2D eigenvalue weighted by Gasteiger charge is -2.39. The minimum Gasteiger partial charge on any atom is -0.307 e. The van der Waals surface area contributed by atoms with E-state index >= 15 is 0 Å². The van der Waals surface area contributed by atoms with Gasteiger partial charge in [0, 0.05) is 41.9 Å². The van der Waals surface area contributed by atoms with E-state index in [4.69, 9.17) is 0 Å². The molecule has 0 unspecified atom stereocenters. The molecular weight excluding hydrogens is 426 g/mol. The number of para-hydroxylation sites is 1. The number of fused-ring (bicyclic) bond motifs is 2. The SMILES string of the molecule is O=C(c1ccc([N+](=O)[O-])cc1)N1CC2(CCN(C/C=C/c3ccccc3)CC2)c2ccccc21. The fourth-order valence-corrected chi connectivity index (χ4v) is 5.19. The highest BCUT2D eigenvalue weighted by molar-refractivity contribution is 6.07. The number of piperidine rings is 1. The summed E-state index contributed by atoms with van der Waals surface area (Å²) in [5, 5.41) is 11.0. The van der Waals surface area contributed by atoms with Crippen molar-refractivity contribution in [2.24, 2.45) is 0 Å². The molecule has 1 fully saturated rings. The van der Waals surface area contributed by atoms with Crippen LogP contribution in [0.15, 0.2) is 84.9 Å². The Hall–Kier alpha value is -3.77. The molecule has 2 aliphatic rings. The van der Waals surface area contributed by atoms with Crippen LogP contribution in [-0.4, -0.2) is 41.9 Å². The number of likely N-dealkylation sites (tertiary alicyclic amines) is 1. The molecule has 0 N–H and O–H groups in total. The molecule has 172 valence electrons. The van der Waals surface area contributed by atoms with Gasteiger partial charge in [0.2, 0.25) is 0 Å². The van der Waals surface area contributed by atoms with Gasteiger partial charge in [-0.25, -0.2) is 0 Å². The van der Waals surface area contributed by atoms with Crippen molar-refractivity contribution in [1.82, 2.24) is 4.90 Å². The van der Waals surface area contributed by atoms with Crippen molar-refractivity contribution in [3.05, 3.63) is 112 Å². The minimum absolute atomic E-state index is 0.0106. The van der Waals surface area contributed by atoms with E-state index in [-0.39, 0.29) is 17.0 Å². The topological polar surface area (TPSA) is 66.7 Å². The number of carbonyl (C=O) groups excluding carboxylic acids is 1. The van der Waals surface area contributed by atoms with Gasteiger partial charge in [-0.1, -0.05) is 60.7 Å². The molecule has 5 rings (SSSR count). The average Bonchev–Trinajstić information content (AvgIpc) is 3.19. The van der Waals surface area contributed by atoms with E-state index in [9.17, 15) is 14.9 Å². The summed E-state index contributed by atoms with van der Waals surface area (Å²) in [5.41, 5.74) is 3.82. The maximum absolute atomic E-state index is 13.4. The Kier molecular flexibility index (Phi) is 5.99. The number of benzene rings is 3. The Morgan fingerprint density at radius 2 is 1.62 bits per heavy atom. The van der Waals surface area contributed by atoms with Crippen LogP contribution in [0.25, 0.3) is 6.08 Å². The van der Waals surface area contributed by atoms with Crippen LogP contribution in [0.5, 0.6) is 0 Å². The molecule has 6 heteroatoms. The third-order valence-corrected chi connectivity index (χ3v) is 7.08. The number of hydrogen-bond acceptors (Lipinski definition) is 4. The summed E-state index contributed by atoms with van der Waals surface area (Å²) in [5.74, 6) is -0.104. The zero-order chi connectivity index (χ0) is 23.5. The van der Waals surface area contributed by atoms with E-state index in [0.29, 0.717) is 12.1 Å². The number of nitro benzene ring substituents is 1. The number of amides is 1. The molecule has 6 nitrogen and oxygen atoms in total. The second-order valence-electron chi connectivity index (χ2n) is 9.11. The predicted molar refractivity (Wildman–Crippen MR) is 134 cm³/mol. The zero-order valence-electron chi connectivity index (χ0n) is 19.0. The lowest BCUT2D eigenvalue weighted by molar-refractivity contribution is -0.384. The normalized spacial score (nSPS) is 17.2. The van der Waals surface area contributed by atoms with E-state index in [1.165, 1.54) is 23.3 Å². The van der Waals surface area contributed by atoms with E-state index in [2.05, 4.69) is 41.3 Å². The van der Waals surface area contributed by atoms with Crippen molar-refractivity contribution in [2.45, 2.75) is 18.3 Å². The number of non-ortho nitro benzene ring substituents is 1. The number of nitrogens with zero attached hydrogens (tertiary/aromatic N) is 3. The quantitative estimate of drug-likeness (QED) is 0.388. The third kappa shape index (κ3) is 4.24. The molecule has 1 saturated heterocycles. The van der Waals surface area contributed by atoms with E-state index in [0.717, 1.165) is 38.2 Å². The van der Waals surface area contributed by atoms with Crippen molar-refractivity contribution >= 4 is 23.4 Å². The standard InChI is InChI=1S/C28H27N3O3/c32-27(23-12-14-24(15-13-23)31(33)34)30-21-28(25-10-4-5-11-26(25)30)16-19-29(20-17-28)18-6-9-22-7-2-1-3-8-22/h1-15H,16-21H2/b9-6+. The molecule has 2 heterocycles. The summed E-state index contributed by atoms with van der Waals surface area (Å²) in [4.78, 5) is 28.2. The minimum atomic E-state index is -0.447. The first-order chi connectivity index (χ1) is 16.6. The van der Waals surface area contributed by atoms with Gasteiger partial charge >= 0.3 is 0 Å². The van der Waals surface area contributed by atoms with Crippen molar-refractivity contribution in [3.8, 4) is 0 Å². The number of anilines is 1. The first-order valence-corrected chi connectivity index (χ1v) is 11.7. The van der Waals surface area contributed by atoms with Gasteiger partial charge in [0.1, 0.15) is 0 Å². The Morgan fingerprint density at radius 1 is 0.941 bits per heavy atom. The summed E-state index contributed by atoms with van der Waals surface area (Å²) >= 11 is 0. The Balaban J connectivity index is 1.29. The van der Waals surface area contributed by atoms with Crippen LogP contribution in [0, 0.1) is 10.1 Å². The molecule has 3 aromatic rings. The highest BCUT2D eigenvalue weighted by Gasteiger charge is 2.46. The third-order valence-electron chi connectivity index (χ3n) is 7.08. The van der Waals surface area contributed by atoms with Crippen molar-refractivity contribution in [1.29, 1.82) is 0 Å². The number of nitro groups is 1. The van der Waals surface area contributed by atoms with Crippen LogP contribution in [0.4, 0.5) is 11.4 Å². The van der Waals surface area contributed by atoms with Gasteiger partial charge in [-0.15, -0.1) is 0 Å². The maximum atomic E-state index is 13.4. The van der Waals surface area contributed by atoms with Crippen molar-refractivity contribution in [2.75, 3.05) is 31.1 Å². The molecule has 0 saturated carbocycles. The number of carbonyl (C=O) groups is 1. The highest BCUT2D eigenvalue weighted by atomic mass is 16.6. The predicted octanol–water partition coefficient (Wildman–Crippen LogP) is 5.30. The average molecular weight is 454 g/mol. The zero-order valence-corrected chi connectivity index (χ0v) is 19.0. The molecule has 0 atom stereocenters. The molecule has 0 bridgehead atoms. The molecule has 1 amide bonds. The fourth-order valence-electron chi connectivity index (χ4n) is 5.19. The Morgan fingerprint density at radius 3 is 2.32 bits per heavy atom. The monoisotopic (exact) mass is 453 g/mol. The van der Waals surface area contributed by atoms with E-state index in [1.54, 1.807) is 12.1 Å². The van der Waals surface area contributed by atoms with Gasteiger partial charge in [0.05, 0.1) is 4.92 Å². The Bertz CT molecular complexity index is 1210.